The van der Waals surface area contributed by atoms with Crippen molar-refractivity contribution in [2.45, 2.75) is 69.9 Å². The second-order valence-corrected chi connectivity index (χ2v) is 12.3. The fraction of sp³-hybridized carbons (Fsp3) is 0.682. The van der Waals surface area contributed by atoms with Gasteiger partial charge in [-0.05, 0) is 18.3 Å². The lowest BCUT2D eigenvalue weighted by Crippen LogP contribution is -2.51. The van der Waals surface area contributed by atoms with E-state index in [-0.39, 0.29) is 43.4 Å². The minimum absolute atomic E-state index is 0.0159. The summed E-state index contributed by atoms with van der Waals surface area (Å²) in [5, 5.41) is 25.0. The number of carbonyl (C=O) groups is 2. The third-order valence-corrected chi connectivity index (χ3v) is 7.60. The van der Waals surface area contributed by atoms with E-state index in [2.05, 4.69) is 30.0 Å². The van der Waals surface area contributed by atoms with Crippen LogP contribution in [0.25, 0.3) is 0 Å². The van der Waals surface area contributed by atoms with Gasteiger partial charge < -0.3 is 19.8 Å². The van der Waals surface area contributed by atoms with E-state index in [0.29, 0.717) is 5.92 Å². The second kappa shape index (κ2) is 10.3. The molecule has 198 valence electrons. The Bertz CT molecular complexity index is 1170. The molecular formula is C22H33N7O6S. The lowest BCUT2D eigenvalue weighted by molar-refractivity contribution is -0.144. The molecule has 4 rings (SSSR count). The van der Waals surface area contributed by atoms with Gasteiger partial charge in [-0.25, -0.2) is 17.8 Å². The number of sulfonamides is 1. The van der Waals surface area contributed by atoms with Crippen molar-refractivity contribution in [1.29, 1.82) is 0 Å². The average Bonchev–Trinajstić information content (AvgIpc) is 3.14. The zero-order valence-electron chi connectivity index (χ0n) is 20.6. The lowest BCUT2D eigenvalue weighted by atomic mass is 9.85. The summed E-state index contributed by atoms with van der Waals surface area (Å²) in [5.74, 6) is -0.733. The van der Waals surface area contributed by atoms with Crippen LogP contribution in [0.4, 0.5) is 0 Å². The molecule has 2 aromatic rings. The number of likely N-dealkylation sites (tertiary alicyclic amines) is 1. The molecule has 2 amide bonds. The van der Waals surface area contributed by atoms with Gasteiger partial charge in [-0.3, -0.25) is 9.59 Å². The molecule has 2 aliphatic rings. The van der Waals surface area contributed by atoms with Crippen LogP contribution in [0.5, 0.6) is 0 Å². The average molecular weight is 524 g/mol. The molecule has 36 heavy (non-hydrogen) atoms. The van der Waals surface area contributed by atoms with Crippen molar-refractivity contribution in [1.82, 2.24) is 35.1 Å². The summed E-state index contributed by atoms with van der Waals surface area (Å²) in [4.78, 5) is 28.0. The number of carbonyl (C=O) groups excluding carboxylic acids is 2. The van der Waals surface area contributed by atoms with Gasteiger partial charge in [-0.1, -0.05) is 31.1 Å². The Kier molecular flexibility index (Phi) is 7.48. The summed E-state index contributed by atoms with van der Waals surface area (Å²) in [5.41, 5.74) is 0.604. The van der Waals surface area contributed by atoms with E-state index in [1.807, 2.05) is 20.8 Å². The van der Waals surface area contributed by atoms with E-state index in [0.717, 1.165) is 18.5 Å². The number of β-amino-alcohol motifs (C(OH)–C–C–N with tert-alkyl or cyclic N) is 1. The molecule has 0 bridgehead atoms. The van der Waals surface area contributed by atoms with Crippen molar-refractivity contribution in [3.05, 3.63) is 29.9 Å². The molecule has 14 heteroatoms. The molecule has 0 unspecified atom stereocenters. The molecule has 3 atom stereocenters. The molecule has 1 saturated heterocycles. The van der Waals surface area contributed by atoms with E-state index in [1.54, 1.807) is 10.9 Å². The predicted octanol–water partition coefficient (Wildman–Crippen LogP) is -0.0717. The quantitative estimate of drug-likeness (QED) is 0.360. The summed E-state index contributed by atoms with van der Waals surface area (Å²) in [6.07, 6.45) is 4.46. The standard InChI is InChI=1S/C22H33N7O6S/c1-22(2,3)19(29-12-17(25-27-29)14-4-5-14)21(32)28-11-16(30)10-18(28)20(31)23-7-8-24-36(33,34)13-15-6-9-35-26-15/h6,9,12,14,16,18-19,24,30H,4-5,7-8,10-11,13H2,1-3H3,(H,23,31)/t16-,18+,19-/m1/s1. The third kappa shape index (κ3) is 6.28. The van der Waals surface area contributed by atoms with Crippen molar-refractivity contribution in [2.24, 2.45) is 5.41 Å². The van der Waals surface area contributed by atoms with Gasteiger partial charge in [0.2, 0.25) is 21.8 Å². The number of aromatic nitrogens is 4. The van der Waals surface area contributed by atoms with Crippen LogP contribution in [-0.4, -0.2) is 82.2 Å². The molecule has 1 saturated carbocycles. The Labute approximate surface area is 209 Å². The van der Waals surface area contributed by atoms with Crippen LogP contribution in [-0.2, 0) is 25.4 Å². The first-order chi connectivity index (χ1) is 16.9. The fourth-order valence-corrected chi connectivity index (χ4v) is 5.45. The van der Waals surface area contributed by atoms with E-state index >= 15 is 0 Å². The largest absolute Gasteiger partial charge is 0.391 e. The first-order valence-corrected chi connectivity index (χ1v) is 13.6. The Hall–Kier alpha value is -2.84. The second-order valence-electron chi connectivity index (χ2n) is 10.5. The van der Waals surface area contributed by atoms with E-state index < -0.39 is 39.5 Å². The van der Waals surface area contributed by atoms with Gasteiger partial charge in [-0.2, -0.15) is 0 Å². The van der Waals surface area contributed by atoms with Gasteiger partial charge in [0.15, 0.2) is 0 Å². The number of rotatable bonds is 10. The van der Waals surface area contributed by atoms with E-state index in [4.69, 9.17) is 0 Å². The number of aliphatic hydroxyl groups excluding tert-OH is 1. The highest BCUT2D eigenvalue weighted by Crippen LogP contribution is 2.40. The van der Waals surface area contributed by atoms with Crippen LogP contribution in [0.2, 0.25) is 0 Å². The van der Waals surface area contributed by atoms with Crippen LogP contribution >= 0.6 is 0 Å². The summed E-state index contributed by atoms with van der Waals surface area (Å²) < 4.78 is 32.8. The van der Waals surface area contributed by atoms with Crippen molar-refractivity contribution in [2.75, 3.05) is 19.6 Å². The number of hydrogen-bond donors (Lipinski definition) is 3. The van der Waals surface area contributed by atoms with Crippen LogP contribution in [0, 0.1) is 5.41 Å². The predicted molar refractivity (Wildman–Crippen MR) is 127 cm³/mol. The molecule has 1 aliphatic heterocycles. The maximum absolute atomic E-state index is 13.7. The van der Waals surface area contributed by atoms with Gasteiger partial charge in [0.25, 0.3) is 0 Å². The molecule has 0 aromatic carbocycles. The Morgan fingerprint density at radius 1 is 1.28 bits per heavy atom. The minimum atomic E-state index is -3.66. The minimum Gasteiger partial charge on any atom is -0.391 e. The highest BCUT2D eigenvalue weighted by Gasteiger charge is 2.45. The monoisotopic (exact) mass is 523 g/mol. The van der Waals surface area contributed by atoms with Crippen molar-refractivity contribution in [3.63, 3.8) is 0 Å². The van der Waals surface area contributed by atoms with Gasteiger partial charge >= 0.3 is 0 Å². The zero-order chi connectivity index (χ0) is 26.1. The summed E-state index contributed by atoms with van der Waals surface area (Å²) >= 11 is 0. The Morgan fingerprint density at radius 2 is 2.03 bits per heavy atom. The molecule has 2 aromatic heterocycles. The molecule has 13 nitrogen and oxygen atoms in total. The Morgan fingerprint density at radius 3 is 2.67 bits per heavy atom. The van der Waals surface area contributed by atoms with Crippen LogP contribution in [0.3, 0.4) is 0 Å². The molecule has 3 N–H and O–H groups in total. The molecular weight excluding hydrogens is 490 g/mol. The number of hydrogen-bond acceptors (Lipinski definition) is 9. The summed E-state index contributed by atoms with van der Waals surface area (Å²) in [6.45, 7) is 5.76. The number of nitrogens with zero attached hydrogens (tertiary/aromatic N) is 5. The van der Waals surface area contributed by atoms with E-state index in [9.17, 15) is 23.1 Å². The van der Waals surface area contributed by atoms with Gasteiger partial charge in [-0.15, -0.1) is 5.10 Å². The normalized spacial score (nSPS) is 21.5. The molecule has 0 spiro atoms. The number of aliphatic hydroxyl groups is 1. The van der Waals surface area contributed by atoms with Crippen LogP contribution in [0.15, 0.2) is 23.0 Å². The van der Waals surface area contributed by atoms with Crippen molar-refractivity contribution in [3.8, 4) is 0 Å². The first kappa shape index (κ1) is 26.2. The summed E-state index contributed by atoms with van der Waals surface area (Å²) in [6, 6.07) is -0.133. The zero-order valence-corrected chi connectivity index (χ0v) is 21.4. The van der Waals surface area contributed by atoms with Crippen LogP contribution in [0.1, 0.15) is 63.4 Å². The van der Waals surface area contributed by atoms with Crippen LogP contribution < -0.4 is 10.0 Å². The SMILES string of the molecule is CC(C)(C)[C@@H](C(=O)N1C[C@H](O)C[C@H]1C(=O)NCCNS(=O)(=O)Cc1ccon1)n1cc(C2CC2)nn1. The number of amides is 2. The lowest BCUT2D eigenvalue weighted by Gasteiger charge is -2.34. The maximum Gasteiger partial charge on any atom is 0.248 e. The maximum atomic E-state index is 13.7. The highest BCUT2D eigenvalue weighted by molar-refractivity contribution is 7.88. The van der Waals surface area contributed by atoms with Crippen molar-refractivity contribution < 1.29 is 27.6 Å². The van der Waals surface area contributed by atoms with Crippen molar-refractivity contribution >= 4 is 21.8 Å². The smallest absolute Gasteiger partial charge is 0.248 e. The first-order valence-electron chi connectivity index (χ1n) is 12.0. The van der Waals surface area contributed by atoms with Gasteiger partial charge in [0.1, 0.15) is 24.1 Å². The molecule has 2 fully saturated rings. The van der Waals surface area contributed by atoms with Gasteiger partial charge in [0, 0.05) is 44.2 Å². The highest BCUT2D eigenvalue weighted by atomic mass is 32.2. The Balaban J connectivity index is 1.37. The topological polar surface area (TPSA) is 173 Å². The van der Waals surface area contributed by atoms with Gasteiger partial charge in [0.05, 0.1) is 17.5 Å². The summed E-state index contributed by atoms with van der Waals surface area (Å²) in [7, 11) is -3.66. The fourth-order valence-electron chi connectivity index (χ4n) is 4.39. The number of nitrogens with one attached hydrogen (secondary N) is 2. The third-order valence-electron chi connectivity index (χ3n) is 6.28. The molecule has 1 aliphatic carbocycles. The molecule has 0 radical (unpaired) electrons. The molecule has 3 heterocycles. The van der Waals surface area contributed by atoms with E-state index in [1.165, 1.54) is 17.2 Å².